The molecular formula is C15H22O3. The molecule has 1 unspecified atom stereocenters. The van der Waals surface area contributed by atoms with Crippen LogP contribution in [-0.2, 0) is 4.74 Å². The van der Waals surface area contributed by atoms with Gasteiger partial charge in [-0.3, -0.25) is 0 Å². The van der Waals surface area contributed by atoms with Gasteiger partial charge in [0.15, 0.2) is 0 Å². The molecule has 0 bridgehead atoms. The Morgan fingerprint density at radius 1 is 1.33 bits per heavy atom. The fraction of sp³-hybridized carbons (Fsp3) is 0.533. The van der Waals surface area contributed by atoms with Gasteiger partial charge in [-0.15, -0.1) is 0 Å². The first-order valence-electron chi connectivity index (χ1n) is 6.46. The van der Waals surface area contributed by atoms with Gasteiger partial charge in [0.05, 0.1) is 11.7 Å². The topological polar surface area (TPSA) is 46.5 Å². The van der Waals surface area contributed by atoms with Gasteiger partial charge in [0, 0.05) is 0 Å². The quantitative estimate of drug-likeness (QED) is 0.810. The first-order valence-corrected chi connectivity index (χ1v) is 6.46. The standard InChI is InChI=1S/C15H22O3/c1-5-6-7-12(4)18-15(17)13-8-10(2)14(16)11(3)9-13/h8-9,12,16H,5-7H2,1-4H3. The van der Waals surface area contributed by atoms with Gasteiger partial charge in [-0.25, -0.2) is 4.79 Å². The third kappa shape index (κ3) is 3.76. The van der Waals surface area contributed by atoms with E-state index in [1.54, 1.807) is 26.0 Å². The Bertz CT molecular complexity index is 401. The number of esters is 1. The molecule has 0 spiro atoms. The third-order valence-electron chi connectivity index (χ3n) is 3.00. The Hall–Kier alpha value is -1.51. The summed E-state index contributed by atoms with van der Waals surface area (Å²) in [4.78, 5) is 11.9. The van der Waals surface area contributed by atoms with E-state index in [2.05, 4.69) is 6.92 Å². The largest absolute Gasteiger partial charge is 0.507 e. The predicted molar refractivity (Wildman–Crippen MR) is 72.0 cm³/mol. The van der Waals surface area contributed by atoms with Gasteiger partial charge >= 0.3 is 5.97 Å². The number of phenolic OH excluding ortho intramolecular Hbond substituents is 1. The van der Waals surface area contributed by atoms with E-state index in [9.17, 15) is 9.90 Å². The Morgan fingerprint density at radius 3 is 2.39 bits per heavy atom. The second-order valence-corrected chi connectivity index (χ2v) is 4.82. The van der Waals surface area contributed by atoms with E-state index in [-0.39, 0.29) is 17.8 Å². The van der Waals surface area contributed by atoms with Crippen molar-refractivity contribution in [1.29, 1.82) is 0 Å². The number of carbonyl (C=O) groups excluding carboxylic acids is 1. The minimum Gasteiger partial charge on any atom is -0.507 e. The van der Waals surface area contributed by atoms with E-state index < -0.39 is 0 Å². The monoisotopic (exact) mass is 250 g/mol. The molecule has 100 valence electrons. The minimum absolute atomic E-state index is 0.0631. The maximum atomic E-state index is 11.9. The number of unbranched alkanes of at least 4 members (excludes halogenated alkanes) is 1. The lowest BCUT2D eigenvalue weighted by Crippen LogP contribution is -2.15. The number of ether oxygens (including phenoxy) is 1. The molecule has 1 N–H and O–H groups in total. The zero-order valence-electron chi connectivity index (χ0n) is 11.6. The first kappa shape index (κ1) is 14.6. The molecule has 1 aromatic carbocycles. The van der Waals surface area contributed by atoms with E-state index in [0.717, 1.165) is 19.3 Å². The van der Waals surface area contributed by atoms with Gasteiger partial charge < -0.3 is 9.84 Å². The molecule has 18 heavy (non-hydrogen) atoms. The highest BCUT2D eigenvalue weighted by molar-refractivity contribution is 5.90. The smallest absolute Gasteiger partial charge is 0.338 e. The summed E-state index contributed by atoms with van der Waals surface area (Å²) in [6.45, 7) is 7.58. The highest BCUT2D eigenvalue weighted by Gasteiger charge is 2.14. The van der Waals surface area contributed by atoms with Crippen molar-refractivity contribution in [3.8, 4) is 5.75 Å². The lowest BCUT2D eigenvalue weighted by molar-refractivity contribution is 0.0320. The number of hydrogen-bond acceptors (Lipinski definition) is 3. The molecule has 0 aliphatic rings. The van der Waals surface area contributed by atoms with Gasteiger partial charge in [-0.2, -0.15) is 0 Å². The molecule has 0 amide bonds. The summed E-state index contributed by atoms with van der Waals surface area (Å²) in [5, 5.41) is 9.66. The molecule has 1 atom stereocenters. The van der Waals surface area contributed by atoms with Crippen LogP contribution in [0.25, 0.3) is 0 Å². The second kappa shape index (κ2) is 6.43. The average Bonchev–Trinajstić information content (AvgIpc) is 2.32. The van der Waals surface area contributed by atoms with Gasteiger partial charge in [0.2, 0.25) is 0 Å². The maximum Gasteiger partial charge on any atom is 0.338 e. The van der Waals surface area contributed by atoms with Crippen molar-refractivity contribution in [1.82, 2.24) is 0 Å². The predicted octanol–water partition coefficient (Wildman–Crippen LogP) is 3.74. The van der Waals surface area contributed by atoms with E-state index in [1.807, 2.05) is 6.92 Å². The zero-order chi connectivity index (χ0) is 13.7. The molecule has 1 aromatic rings. The number of aromatic hydroxyl groups is 1. The molecule has 0 heterocycles. The lowest BCUT2D eigenvalue weighted by Gasteiger charge is -2.13. The molecule has 1 rings (SSSR count). The first-order chi connectivity index (χ1) is 8.45. The van der Waals surface area contributed by atoms with Crippen LogP contribution in [-0.4, -0.2) is 17.2 Å². The average molecular weight is 250 g/mol. The van der Waals surface area contributed by atoms with Crippen molar-refractivity contribution >= 4 is 5.97 Å². The highest BCUT2D eigenvalue weighted by Crippen LogP contribution is 2.23. The van der Waals surface area contributed by atoms with E-state index >= 15 is 0 Å². The number of benzene rings is 1. The molecule has 0 saturated carbocycles. The Balaban J connectivity index is 2.73. The number of hydrogen-bond donors (Lipinski definition) is 1. The van der Waals surface area contributed by atoms with Crippen LogP contribution in [0.2, 0.25) is 0 Å². The fourth-order valence-electron chi connectivity index (χ4n) is 1.88. The molecule has 0 saturated heterocycles. The van der Waals surface area contributed by atoms with Crippen LogP contribution in [0.3, 0.4) is 0 Å². The summed E-state index contributed by atoms with van der Waals surface area (Å²) in [7, 11) is 0. The van der Waals surface area contributed by atoms with Crippen molar-refractivity contribution < 1.29 is 14.6 Å². The summed E-state index contributed by atoms with van der Waals surface area (Å²) < 4.78 is 5.37. The van der Waals surface area contributed by atoms with Crippen LogP contribution in [0.1, 0.15) is 54.6 Å². The van der Waals surface area contributed by atoms with Crippen molar-refractivity contribution in [3.63, 3.8) is 0 Å². The lowest BCUT2D eigenvalue weighted by atomic mass is 10.1. The van der Waals surface area contributed by atoms with Gasteiger partial charge in [-0.1, -0.05) is 19.8 Å². The number of aryl methyl sites for hydroxylation is 2. The Kier molecular flexibility index (Phi) is 5.20. The van der Waals surface area contributed by atoms with Gasteiger partial charge in [0.25, 0.3) is 0 Å². The molecule has 0 radical (unpaired) electrons. The molecule has 3 nitrogen and oxygen atoms in total. The number of rotatable bonds is 5. The van der Waals surface area contributed by atoms with E-state index in [4.69, 9.17) is 4.74 Å². The van der Waals surface area contributed by atoms with Crippen molar-refractivity contribution in [2.75, 3.05) is 0 Å². The normalized spacial score (nSPS) is 12.2. The van der Waals surface area contributed by atoms with Crippen LogP contribution in [0.15, 0.2) is 12.1 Å². The fourth-order valence-corrected chi connectivity index (χ4v) is 1.88. The van der Waals surface area contributed by atoms with Crippen LogP contribution in [0, 0.1) is 13.8 Å². The van der Waals surface area contributed by atoms with Gasteiger partial charge in [0.1, 0.15) is 5.75 Å². The van der Waals surface area contributed by atoms with Gasteiger partial charge in [-0.05, 0) is 50.5 Å². The Labute approximate surface area is 109 Å². The van der Waals surface area contributed by atoms with E-state index in [1.165, 1.54) is 0 Å². The summed E-state index contributed by atoms with van der Waals surface area (Å²) in [6.07, 6.45) is 2.98. The molecular weight excluding hydrogens is 228 g/mol. The van der Waals surface area contributed by atoms with Crippen molar-refractivity contribution in [2.24, 2.45) is 0 Å². The van der Waals surface area contributed by atoms with Crippen LogP contribution in [0.5, 0.6) is 5.75 Å². The number of phenols is 1. The third-order valence-corrected chi connectivity index (χ3v) is 3.00. The van der Waals surface area contributed by atoms with Crippen LogP contribution in [0.4, 0.5) is 0 Å². The second-order valence-electron chi connectivity index (χ2n) is 4.82. The summed E-state index contributed by atoms with van der Waals surface area (Å²) in [5.74, 6) is -0.0737. The van der Waals surface area contributed by atoms with Crippen molar-refractivity contribution in [3.05, 3.63) is 28.8 Å². The highest BCUT2D eigenvalue weighted by atomic mass is 16.5. The SMILES string of the molecule is CCCCC(C)OC(=O)c1cc(C)c(O)c(C)c1. The zero-order valence-corrected chi connectivity index (χ0v) is 11.6. The minimum atomic E-state index is -0.315. The molecule has 0 aliphatic carbocycles. The van der Waals surface area contributed by atoms with Crippen LogP contribution >= 0.6 is 0 Å². The summed E-state index contributed by atoms with van der Waals surface area (Å²) >= 11 is 0. The van der Waals surface area contributed by atoms with Crippen LogP contribution < -0.4 is 0 Å². The summed E-state index contributed by atoms with van der Waals surface area (Å²) in [6, 6.07) is 3.33. The molecule has 0 fully saturated rings. The molecule has 3 heteroatoms. The maximum absolute atomic E-state index is 11.9. The Morgan fingerprint density at radius 2 is 1.89 bits per heavy atom. The molecule has 0 aliphatic heterocycles. The number of carbonyl (C=O) groups is 1. The molecule has 0 aromatic heterocycles. The summed E-state index contributed by atoms with van der Waals surface area (Å²) in [5.41, 5.74) is 1.90. The van der Waals surface area contributed by atoms with E-state index in [0.29, 0.717) is 16.7 Å². The van der Waals surface area contributed by atoms with Crippen molar-refractivity contribution in [2.45, 2.75) is 53.1 Å².